The highest BCUT2D eigenvalue weighted by Crippen LogP contribution is 2.27. The van der Waals surface area contributed by atoms with E-state index in [4.69, 9.17) is 10.8 Å². The van der Waals surface area contributed by atoms with E-state index < -0.39 is 11.9 Å². The number of carboxylic acid groups (broad SMARTS) is 1. The maximum Gasteiger partial charge on any atom is 0.303 e. The number of carbonyl (C=O) groups is 2. The first-order valence-electron chi connectivity index (χ1n) is 8.33. The summed E-state index contributed by atoms with van der Waals surface area (Å²) in [6.45, 7) is 0.178. The Morgan fingerprint density at radius 3 is 2.33 bits per heavy atom. The standard InChI is InChI=1S/C20H20N4O3/c21-13-15(20(27)23-12-4-7-19(25)26)14-24(17-5-2-1-3-6-17)18-10-8-16(22)9-11-18/h1-3,5-6,8-11,14H,4,7,12,22H2,(H,23,27)(H,25,26)/b15-14-. The summed E-state index contributed by atoms with van der Waals surface area (Å²) in [5, 5.41) is 20.6. The summed E-state index contributed by atoms with van der Waals surface area (Å²) in [6, 6.07) is 18.2. The number of nitrogen functional groups attached to an aromatic ring is 1. The minimum atomic E-state index is -0.932. The molecule has 2 rings (SSSR count). The number of rotatable bonds is 8. The number of hydrogen-bond acceptors (Lipinski definition) is 5. The largest absolute Gasteiger partial charge is 0.481 e. The molecule has 27 heavy (non-hydrogen) atoms. The van der Waals surface area contributed by atoms with Crippen molar-refractivity contribution in [3.8, 4) is 6.07 Å². The molecule has 0 saturated carbocycles. The van der Waals surface area contributed by atoms with Crippen molar-refractivity contribution >= 4 is 28.9 Å². The lowest BCUT2D eigenvalue weighted by Crippen LogP contribution is -2.27. The molecule has 0 aliphatic carbocycles. The lowest BCUT2D eigenvalue weighted by molar-refractivity contribution is -0.137. The van der Waals surface area contributed by atoms with Crippen molar-refractivity contribution in [3.63, 3.8) is 0 Å². The highest BCUT2D eigenvalue weighted by atomic mass is 16.4. The molecule has 1 amide bonds. The molecule has 138 valence electrons. The fourth-order valence-corrected chi connectivity index (χ4v) is 2.33. The van der Waals surface area contributed by atoms with E-state index in [1.165, 1.54) is 6.20 Å². The van der Waals surface area contributed by atoms with Gasteiger partial charge in [0.1, 0.15) is 11.6 Å². The normalized spacial score (nSPS) is 10.7. The fourth-order valence-electron chi connectivity index (χ4n) is 2.33. The minimum absolute atomic E-state index is 0.0482. The molecule has 0 spiro atoms. The van der Waals surface area contributed by atoms with Crippen LogP contribution in [0, 0.1) is 11.3 Å². The summed E-state index contributed by atoms with van der Waals surface area (Å²) in [5.41, 5.74) is 7.76. The molecule has 0 radical (unpaired) electrons. The number of para-hydroxylation sites is 1. The zero-order chi connectivity index (χ0) is 19.6. The molecule has 0 aliphatic rings. The Hall–Kier alpha value is -3.79. The minimum Gasteiger partial charge on any atom is -0.481 e. The van der Waals surface area contributed by atoms with Gasteiger partial charge in [0.25, 0.3) is 5.91 Å². The van der Waals surface area contributed by atoms with Crippen molar-refractivity contribution in [3.05, 3.63) is 66.4 Å². The van der Waals surface area contributed by atoms with Crippen LogP contribution in [0.15, 0.2) is 66.4 Å². The predicted octanol–water partition coefficient (Wildman–Crippen LogP) is 2.80. The maximum absolute atomic E-state index is 12.3. The number of carboxylic acids is 1. The number of amides is 1. The number of hydrogen-bond donors (Lipinski definition) is 3. The number of nitrogens with one attached hydrogen (secondary N) is 1. The molecule has 2 aromatic carbocycles. The second-order valence-electron chi connectivity index (χ2n) is 5.70. The van der Waals surface area contributed by atoms with Crippen LogP contribution < -0.4 is 16.0 Å². The third-order valence-electron chi connectivity index (χ3n) is 3.68. The zero-order valence-corrected chi connectivity index (χ0v) is 14.6. The van der Waals surface area contributed by atoms with E-state index in [1.807, 2.05) is 36.4 Å². The molecule has 0 heterocycles. The van der Waals surface area contributed by atoms with Crippen molar-refractivity contribution < 1.29 is 14.7 Å². The number of benzene rings is 2. The highest BCUT2D eigenvalue weighted by molar-refractivity contribution is 5.98. The third-order valence-corrected chi connectivity index (χ3v) is 3.68. The van der Waals surface area contributed by atoms with Crippen LogP contribution in [0.1, 0.15) is 12.8 Å². The van der Waals surface area contributed by atoms with E-state index in [1.54, 1.807) is 29.2 Å². The number of carbonyl (C=O) groups excluding carboxylic acids is 1. The Morgan fingerprint density at radius 2 is 1.74 bits per heavy atom. The van der Waals surface area contributed by atoms with Crippen LogP contribution in [-0.2, 0) is 9.59 Å². The van der Waals surface area contributed by atoms with Gasteiger partial charge in [-0.05, 0) is 42.8 Å². The first-order valence-corrected chi connectivity index (χ1v) is 8.33. The van der Waals surface area contributed by atoms with Gasteiger partial charge in [-0.3, -0.25) is 9.59 Å². The lowest BCUT2D eigenvalue weighted by atomic mass is 10.2. The van der Waals surface area contributed by atoms with Gasteiger partial charge in [0.15, 0.2) is 0 Å². The molecule has 0 atom stereocenters. The first-order chi connectivity index (χ1) is 13.0. The van der Waals surface area contributed by atoms with Crippen LogP contribution in [-0.4, -0.2) is 23.5 Å². The van der Waals surface area contributed by atoms with Gasteiger partial charge in [-0.25, -0.2) is 0 Å². The molecular weight excluding hydrogens is 344 g/mol. The summed E-state index contributed by atoms with van der Waals surface area (Å²) >= 11 is 0. The Balaban J connectivity index is 2.25. The number of nitrogens with two attached hydrogens (primary N) is 1. The molecule has 7 heteroatoms. The molecule has 0 saturated heterocycles. The molecule has 7 nitrogen and oxygen atoms in total. The second-order valence-corrected chi connectivity index (χ2v) is 5.70. The van der Waals surface area contributed by atoms with Crippen LogP contribution in [0.3, 0.4) is 0 Å². The average molecular weight is 364 g/mol. The summed E-state index contributed by atoms with van der Waals surface area (Å²) in [5.74, 6) is -1.49. The molecule has 2 aromatic rings. The van der Waals surface area contributed by atoms with Crippen molar-refractivity contribution in [2.24, 2.45) is 0 Å². The first kappa shape index (κ1) is 19.5. The van der Waals surface area contributed by atoms with Crippen LogP contribution in [0.25, 0.3) is 0 Å². The number of aliphatic carboxylic acids is 1. The number of nitrogens with zero attached hydrogens (tertiary/aromatic N) is 2. The smallest absolute Gasteiger partial charge is 0.303 e. The molecule has 0 aliphatic heterocycles. The van der Waals surface area contributed by atoms with Crippen LogP contribution in [0.5, 0.6) is 0 Å². The van der Waals surface area contributed by atoms with Gasteiger partial charge >= 0.3 is 5.97 Å². The highest BCUT2D eigenvalue weighted by Gasteiger charge is 2.14. The number of anilines is 3. The van der Waals surface area contributed by atoms with E-state index in [0.29, 0.717) is 12.1 Å². The Morgan fingerprint density at radius 1 is 1.11 bits per heavy atom. The summed E-state index contributed by atoms with van der Waals surface area (Å²) in [4.78, 5) is 24.5. The van der Waals surface area contributed by atoms with Crippen molar-refractivity contribution in [1.29, 1.82) is 5.26 Å². The van der Waals surface area contributed by atoms with E-state index >= 15 is 0 Å². The van der Waals surface area contributed by atoms with Gasteiger partial charge in [0.05, 0.1) is 0 Å². The summed E-state index contributed by atoms with van der Waals surface area (Å²) in [7, 11) is 0. The quantitative estimate of drug-likeness (QED) is 0.287. The van der Waals surface area contributed by atoms with Gasteiger partial charge in [-0.1, -0.05) is 18.2 Å². The van der Waals surface area contributed by atoms with Crippen LogP contribution in [0.2, 0.25) is 0 Å². The number of nitriles is 1. The molecular formula is C20H20N4O3. The molecule has 0 aromatic heterocycles. The third kappa shape index (κ3) is 5.90. The van der Waals surface area contributed by atoms with Gasteiger partial charge in [0.2, 0.25) is 0 Å². The van der Waals surface area contributed by atoms with E-state index in [0.717, 1.165) is 11.4 Å². The van der Waals surface area contributed by atoms with Gasteiger partial charge in [-0.2, -0.15) is 5.26 Å². The lowest BCUT2D eigenvalue weighted by Gasteiger charge is -2.21. The average Bonchev–Trinajstić information content (AvgIpc) is 2.67. The Labute approximate surface area is 157 Å². The monoisotopic (exact) mass is 364 g/mol. The SMILES string of the molecule is N#C/C(=C/N(c1ccccc1)c1ccc(N)cc1)C(=O)NCCCC(=O)O. The second kappa shape index (κ2) is 9.63. The summed E-state index contributed by atoms with van der Waals surface area (Å²) < 4.78 is 0. The van der Waals surface area contributed by atoms with Crippen LogP contribution >= 0.6 is 0 Å². The van der Waals surface area contributed by atoms with Crippen molar-refractivity contribution in [1.82, 2.24) is 5.32 Å². The Bertz CT molecular complexity index is 855. The van der Waals surface area contributed by atoms with Gasteiger partial charge < -0.3 is 21.1 Å². The fraction of sp³-hybridized carbons (Fsp3) is 0.150. The van der Waals surface area contributed by atoms with Gasteiger partial charge in [-0.15, -0.1) is 0 Å². The maximum atomic E-state index is 12.3. The van der Waals surface area contributed by atoms with Gasteiger partial charge in [0, 0.05) is 36.2 Å². The van der Waals surface area contributed by atoms with E-state index in [9.17, 15) is 14.9 Å². The molecule has 0 unspecified atom stereocenters. The van der Waals surface area contributed by atoms with E-state index in [2.05, 4.69) is 5.32 Å². The predicted molar refractivity (Wildman–Crippen MR) is 103 cm³/mol. The van der Waals surface area contributed by atoms with Crippen molar-refractivity contribution in [2.75, 3.05) is 17.2 Å². The molecule has 0 fully saturated rings. The van der Waals surface area contributed by atoms with Crippen LogP contribution in [0.4, 0.5) is 17.1 Å². The summed E-state index contributed by atoms with van der Waals surface area (Å²) in [6.07, 6.45) is 1.70. The zero-order valence-electron chi connectivity index (χ0n) is 14.6. The molecule has 4 N–H and O–H groups in total. The Kier molecular flexibility index (Phi) is 6.97. The topological polar surface area (TPSA) is 119 Å². The van der Waals surface area contributed by atoms with Crippen molar-refractivity contribution in [2.45, 2.75) is 12.8 Å². The van der Waals surface area contributed by atoms with E-state index in [-0.39, 0.29) is 18.5 Å². The molecule has 0 bridgehead atoms.